The fourth-order valence-corrected chi connectivity index (χ4v) is 2.18. The summed E-state index contributed by atoms with van der Waals surface area (Å²) >= 11 is 1.40. The zero-order valence-electron chi connectivity index (χ0n) is 11.1. The largest absolute Gasteiger partial charge is 0.481 e. The van der Waals surface area contributed by atoms with Crippen molar-refractivity contribution >= 4 is 22.4 Å². The van der Waals surface area contributed by atoms with Crippen molar-refractivity contribution in [3.05, 3.63) is 40.9 Å². The van der Waals surface area contributed by atoms with Gasteiger partial charge >= 0.3 is 0 Å². The molecule has 0 radical (unpaired) electrons. The third-order valence-electron chi connectivity index (χ3n) is 2.55. The minimum absolute atomic E-state index is 0.199. The molecule has 0 aliphatic heterocycles. The van der Waals surface area contributed by atoms with Gasteiger partial charge in [-0.3, -0.25) is 10.1 Å². The maximum absolute atomic E-state index is 11.9. The molecule has 1 unspecified atom stereocenters. The number of carbonyl (C=O) groups is 1. The van der Waals surface area contributed by atoms with Crippen molar-refractivity contribution in [2.24, 2.45) is 0 Å². The maximum Gasteiger partial charge on any atom is 0.266 e. The summed E-state index contributed by atoms with van der Waals surface area (Å²) in [6, 6.07) is 7.60. The molecule has 1 aromatic carbocycles. The molecule has 0 bridgehead atoms. The van der Waals surface area contributed by atoms with Gasteiger partial charge in [-0.1, -0.05) is 17.7 Å². The molecule has 1 aromatic heterocycles. The van der Waals surface area contributed by atoms with Crippen LogP contribution < -0.4 is 10.1 Å². The number of rotatable bonds is 4. The highest BCUT2D eigenvalue weighted by Crippen LogP contribution is 2.16. The molecular weight excluding hydrogens is 260 g/mol. The molecule has 2 aromatic rings. The summed E-state index contributed by atoms with van der Waals surface area (Å²) in [7, 11) is 0. The highest BCUT2D eigenvalue weighted by molar-refractivity contribution is 7.13. The molecule has 19 heavy (non-hydrogen) atoms. The third kappa shape index (κ3) is 3.79. The lowest BCUT2D eigenvalue weighted by Gasteiger charge is -2.13. The monoisotopic (exact) mass is 276 g/mol. The van der Waals surface area contributed by atoms with Gasteiger partial charge < -0.3 is 4.74 Å². The highest BCUT2D eigenvalue weighted by atomic mass is 32.1. The van der Waals surface area contributed by atoms with Crippen LogP contribution in [-0.2, 0) is 4.79 Å². The molecule has 5 heteroatoms. The first-order valence-electron chi connectivity index (χ1n) is 6.01. The number of aromatic nitrogens is 1. The Morgan fingerprint density at radius 2 is 2.00 bits per heavy atom. The zero-order chi connectivity index (χ0) is 13.8. The molecule has 0 saturated carbocycles. The number of benzene rings is 1. The average molecular weight is 276 g/mol. The lowest BCUT2D eigenvalue weighted by Crippen LogP contribution is -2.30. The van der Waals surface area contributed by atoms with Gasteiger partial charge in [-0.05, 0) is 32.9 Å². The van der Waals surface area contributed by atoms with Gasteiger partial charge in [0.2, 0.25) is 0 Å². The smallest absolute Gasteiger partial charge is 0.266 e. The average Bonchev–Trinajstić information content (AvgIpc) is 2.77. The molecule has 4 nitrogen and oxygen atoms in total. The van der Waals surface area contributed by atoms with E-state index in [1.54, 1.807) is 6.92 Å². The summed E-state index contributed by atoms with van der Waals surface area (Å²) < 4.78 is 5.57. The van der Waals surface area contributed by atoms with Crippen LogP contribution in [0.25, 0.3) is 0 Å². The van der Waals surface area contributed by atoms with E-state index in [1.165, 1.54) is 11.3 Å². The van der Waals surface area contributed by atoms with Crippen molar-refractivity contribution in [3.63, 3.8) is 0 Å². The van der Waals surface area contributed by atoms with Gasteiger partial charge in [0.15, 0.2) is 11.2 Å². The second-order valence-electron chi connectivity index (χ2n) is 4.36. The Morgan fingerprint density at radius 1 is 1.32 bits per heavy atom. The normalized spacial score (nSPS) is 11.9. The van der Waals surface area contributed by atoms with Crippen LogP contribution >= 0.6 is 11.3 Å². The fraction of sp³-hybridized carbons (Fsp3) is 0.286. The van der Waals surface area contributed by atoms with Gasteiger partial charge in [-0.25, -0.2) is 4.98 Å². The van der Waals surface area contributed by atoms with Crippen molar-refractivity contribution in [1.82, 2.24) is 4.98 Å². The molecule has 0 saturated heterocycles. The van der Waals surface area contributed by atoms with Crippen LogP contribution in [0.2, 0.25) is 0 Å². The summed E-state index contributed by atoms with van der Waals surface area (Å²) in [4.78, 5) is 16.1. The summed E-state index contributed by atoms with van der Waals surface area (Å²) in [5.41, 5.74) is 2.05. The van der Waals surface area contributed by atoms with Crippen LogP contribution in [0.3, 0.4) is 0 Å². The van der Waals surface area contributed by atoms with Crippen molar-refractivity contribution in [2.45, 2.75) is 26.9 Å². The number of thiazole rings is 1. The van der Waals surface area contributed by atoms with E-state index in [0.29, 0.717) is 10.9 Å². The molecule has 100 valence electrons. The minimum Gasteiger partial charge on any atom is -0.481 e. The first-order chi connectivity index (χ1) is 9.04. The molecule has 1 atom stereocenters. The molecule has 1 N–H and O–H groups in total. The van der Waals surface area contributed by atoms with Crippen LogP contribution in [0.5, 0.6) is 5.75 Å². The van der Waals surface area contributed by atoms with E-state index >= 15 is 0 Å². The van der Waals surface area contributed by atoms with Crippen LogP contribution in [0.15, 0.2) is 29.6 Å². The van der Waals surface area contributed by atoms with E-state index in [1.807, 2.05) is 43.5 Å². The Balaban J connectivity index is 1.94. The third-order valence-corrected chi connectivity index (χ3v) is 3.43. The number of carbonyl (C=O) groups excluding carboxylic acids is 1. The van der Waals surface area contributed by atoms with E-state index in [2.05, 4.69) is 10.3 Å². The van der Waals surface area contributed by atoms with Crippen molar-refractivity contribution in [2.75, 3.05) is 5.32 Å². The van der Waals surface area contributed by atoms with E-state index in [0.717, 1.165) is 11.3 Å². The van der Waals surface area contributed by atoms with E-state index in [9.17, 15) is 4.79 Å². The number of hydrogen-bond acceptors (Lipinski definition) is 4. The number of nitrogens with one attached hydrogen (secondary N) is 1. The van der Waals surface area contributed by atoms with Crippen LogP contribution in [0.4, 0.5) is 5.13 Å². The second kappa shape index (κ2) is 5.84. The SMILES string of the molecule is Cc1ccc(OC(C)C(=O)Nc2nc(C)cs2)cc1. The fourth-order valence-electron chi connectivity index (χ4n) is 1.49. The molecule has 0 aliphatic rings. The van der Waals surface area contributed by atoms with Gasteiger partial charge in [-0.2, -0.15) is 0 Å². The lowest BCUT2D eigenvalue weighted by atomic mass is 10.2. The van der Waals surface area contributed by atoms with E-state index in [-0.39, 0.29) is 5.91 Å². The van der Waals surface area contributed by atoms with Crippen LogP contribution in [0.1, 0.15) is 18.2 Å². The van der Waals surface area contributed by atoms with Gasteiger partial charge in [-0.15, -0.1) is 11.3 Å². The molecular formula is C14H16N2O2S. The first-order valence-corrected chi connectivity index (χ1v) is 6.89. The molecule has 1 amide bonds. The first kappa shape index (κ1) is 13.5. The van der Waals surface area contributed by atoms with E-state index < -0.39 is 6.10 Å². The number of ether oxygens (including phenoxy) is 1. The Labute approximate surface area is 116 Å². The minimum atomic E-state index is -0.563. The van der Waals surface area contributed by atoms with Crippen LogP contribution in [0, 0.1) is 13.8 Å². The van der Waals surface area contributed by atoms with Gasteiger partial charge in [0.25, 0.3) is 5.91 Å². The second-order valence-corrected chi connectivity index (χ2v) is 5.21. The predicted molar refractivity (Wildman–Crippen MR) is 76.7 cm³/mol. The van der Waals surface area contributed by atoms with Crippen LogP contribution in [-0.4, -0.2) is 17.0 Å². The Bertz CT molecular complexity index is 563. The number of amides is 1. The van der Waals surface area contributed by atoms with Crippen molar-refractivity contribution in [1.29, 1.82) is 0 Å². The Kier molecular flexibility index (Phi) is 4.16. The van der Waals surface area contributed by atoms with Crippen molar-refractivity contribution in [3.8, 4) is 5.75 Å². The zero-order valence-corrected chi connectivity index (χ0v) is 12.0. The number of hydrogen-bond donors (Lipinski definition) is 1. The van der Waals surface area contributed by atoms with Gasteiger partial charge in [0, 0.05) is 5.38 Å². The molecule has 1 heterocycles. The molecule has 0 aliphatic carbocycles. The predicted octanol–water partition coefficient (Wildman–Crippen LogP) is 3.17. The summed E-state index contributed by atoms with van der Waals surface area (Å²) in [5, 5.41) is 5.23. The maximum atomic E-state index is 11.9. The molecule has 0 spiro atoms. The number of aryl methyl sites for hydroxylation is 2. The topological polar surface area (TPSA) is 51.2 Å². The summed E-state index contributed by atoms with van der Waals surface area (Å²) in [6.07, 6.45) is -0.563. The highest BCUT2D eigenvalue weighted by Gasteiger charge is 2.15. The standard InChI is InChI=1S/C14H16N2O2S/c1-9-4-6-12(7-5-9)18-11(3)13(17)16-14-15-10(2)8-19-14/h4-8,11H,1-3H3,(H,15,16,17). The van der Waals surface area contributed by atoms with Crippen molar-refractivity contribution < 1.29 is 9.53 Å². The molecule has 2 rings (SSSR count). The Hall–Kier alpha value is -1.88. The lowest BCUT2D eigenvalue weighted by molar-refractivity contribution is -0.122. The summed E-state index contributed by atoms with van der Waals surface area (Å²) in [6.45, 7) is 5.61. The quantitative estimate of drug-likeness (QED) is 0.933. The molecule has 0 fully saturated rings. The van der Waals surface area contributed by atoms with Gasteiger partial charge in [0.05, 0.1) is 5.69 Å². The van der Waals surface area contributed by atoms with E-state index in [4.69, 9.17) is 4.74 Å². The number of nitrogens with zero attached hydrogens (tertiary/aromatic N) is 1. The Morgan fingerprint density at radius 3 is 2.58 bits per heavy atom. The summed E-state index contributed by atoms with van der Waals surface area (Å²) in [5.74, 6) is 0.485. The van der Waals surface area contributed by atoms with Gasteiger partial charge in [0.1, 0.15) is 5.75 Å². The number of anilines is 1.